The molecule has 1 heterocycles. The third-order valence-corrected chi connectivity index (χ3v) is 8.63. The molecule has 1 unspecified atom stereocenters. The Morgan fingerprint density at radius 3 is 2.24 bits per heavy atom. The fourth-order valence-electron chi connectivity index (χ4n) is 6.66. The second-order valence-corrected chi connectivity index (χ2v) is 11.8. The summed E-state index contributed by atoms with van der Waals surface area (Å²) < 4.78 is 0.871. The van der Waals surface area contributed by atoms with Gasteiger partial charge in [0, 0.05) is 18.0 Å². The molecule has 4 aliphatic rings. The van der Waals surface area contributed by atoms with Crippen LogP contribution in [0.5, 0.6) is 0 Å². The molecule has 4 aliphatic carbocycles. The molecule has 0 saturated heterocycles. The highest BCUT2D eigenvalue weighted by Gasteiger charge is 2.55. The fraction of sp³-hybridized carbons (Fsp3) is 0.600. The molecule has 176 valence electrons. The Labute approximate surface area is 198 Å². The summed E-state index contributed by atoms with van der Waals surface area (Å²) in [6.07, 6.45) is 6.77. The summed E-state index contributed by atoms with van der Waals surface area (Å²) in [6, 6.07) is 4.85. The number of benzene rings is 1. The molecule has 4 fully saturated rings. The van der Waals surface area contributed by atoms with Crippen molar-refractivity contribution >= 4 is 50.1 Å². The van der Waals surface area contributed by atoms with Crippen molar-refractivity contribution in [1.29, 1.82) is 0 Å². The minimum atomic E-state index is -0.604. The molecule has 4 saturated carbocycles. The summed E-state index contributed by atoms with van der Waals surface area (Å²) in [6.45, 7) is 5.39. The molecule has 1 atom stereocenters. The molecule has 4 bridgehead atoms. The lowest BCUT2D eigenvalue weighted by Crippen LogP contribution is -2.57. The molecule has 33 heavy (non-hydrogen) atoms. The number of carbonyl (C=O) groups is 3. The van der Waals surface area contributed by atoms with Crippen molar-refractivity contribution in [3.63, 3.8) is 0 Å². The van der Waals surface area contributed by atoms with Gasteiger partial charge < -0.3 is 16.0 Å². The van der Waals surface area contributed by atoms with Crippen LogP contribution in [0.3, 0.4) is 0 Å². The highest BCUT2D eigenvalue weighted by Crippen LogP contribution is 2.60. The first-order valence-electron chi connectivity index (χ1n) is 12.0. The first kappa shape index (κ1) is 22.3. The van der Waals surface area contributed by atoms with E-state index >= 15 is 0 Å². The maximum Gasteiger partial charge on any atom is 0.248 e. The van der Waals surface area contributed by atoms with Crippen molar-refractivity contribution in [2.75, 3.05) is 10.6 Å². The van der Waals surface area contributed by atoms with E-state index in [1.807, 2.05) is 26.0 Å². The normalized spacial score (nSPS) is 28.7. The van der Waals surface area contributed by atoms with E-state index in [0.29, 0.717) is 28.6 Å². The lowest BCUT2D eigenvalue weighted by Gasteiger charge is -2.55. The number of thiazole rings is 1. The Kier molecular flexibility index (Phi) is 5.67. The molecule has 3 amide bonds. The first-order chi connectivity index (χ1) is 15.7. The van der Waals surface area contributed by atoms with Crippen LogP contribution in [0.25, 0.3) is 10.2 Å². The number of nitrogens with zero attached hydrogens (tertiary/aromatic N) is 1. The van der Waals surface area contributed by atoms with Crippen molar-refractivity contribution in [2.45, 2.75) is 65.3 Å². The monoisotopic (exact) mass is 468 g/mol. The Balaban J connectivity index is 1.29. The lowest BCUT2D eigenvalue weighted by atomic mass is 9.49. The van der Waals surface area contributed by atoms with Crippen LogP contribution in [-0.2, 0) is 14.4 Å². The summed E-state index contributed by atoms with van der Waals surface area (Å²) >= 11 is 1.36. The number of carbonyl (C=O) groups excluding carboxylic acids is 3. The van der Waals surface area contributed by atoms with E-state index in [9.17, 15) is 14.4 Å². The zero-order chi connectivity index (χ0) is 23.3. The molecule has 1 aromatic heterocycles. The van der Waals surface area contributed by atoms with Gasteiger partial charge in [0.1, 0.15) is 6.04 Å². The highest BCUT2D eigenvalue weighted by atomic mass is 32.1. The van der Waals surface area contributed by atoms with Gasteiger partial charge in [-0.15, -0.1) is 0 Å². The van der Waals surface area contributed by atoms with E-state index in [1.165, 1.54) is 37.5 Å². The van der Waals surface area contributed by atoms with Crippen LogP contribution in [0.1, 0.15) is 59.3 Å². The Morgan fingerprint density at radius 1 is 1.03 bits per heavy atom. The summed E-state index contributed by atoms with van der Waals surface area (Å²) in [5.41, 5.74) is 1.17. The van der Waals surface area contributed by atoms with Crippen LogP contribution in [0, 0.1) is 29.1 Å². The topological polar surface area (TPSA) is 100 Å². The van der Waals surface area contributed by atoms with E-state index in [0.717, 1.165) is 29.5 Å². The third-order valence-electron chi connectivity index (χ3n) is 7.69. The predicted molar refractivity (Wildman–Crippen MR) is 130 cm³/mol. The maximum absolute atomic E-state index is 13.5. The number of aromatic nitrogens is 1. The van der Waals surface area contributed by atoms with E-state index in [1.54, 1.807) is 6.07 Å². The fourth-order valence-corrected chi connectivity index (χ4v) is 7.57. The number of anilines is 2. The van der Waals surface area contributed by atoms with Gasteiger partial charge in [-0.2, -0.15) is 0 Å². The number of fused-ring (bicyclic) bond motifs is 1. The highest BCUT2D eigenvalue weighted by molar-refractivity contribution is 7.22. The minimum Gasteiger partial charge on any atom is -0.344 e. The van der Waals surface area contributed by atoms with E-state index < -0.39 is 6.04 Å². The zero-order valence-electron chi connectivity index (χ0n) is 19.4. The van der Waals surface area contributed by atoms with Gasteiger partial charge in [0.2, 0.25) is 17.7 Å². The number of amides is 3. The number of rotatable bonds is 6. The lowest BCUT2D eigenvalue weighted by molar-refractivity contribution is -0.148. The third kappa shape index (κ3) is 4.37. The molecule has 3 N–H and O–H groups in total. The average Bonchev–Trinajstić information content (AvgIpc) is 3.11. The van der Waals surface area contributed by atoms with E-state index in [2.05, 4.69) is 20.9 Å². The van der Waals surface area contributed by atoms with Crippen molar-refractivity contribution in [3.8, 4) is 0 Å². The number of hydrogen-bond donors (Lipinski definition) is 3. The van der Waals surface area contributed by atoms with Crippen LogP contribution in [0.2, 0.25) is 0 Å². The Bertz CT molecular complexity index is 1070. The van der Waals surface area contributed by atoms with Crippen LogP contribution < -0.4 is 16.0 Å². The largest absolute Gasteiger partial charge is 0.344 e. The van der Waals surface area contributed by atoms with Gasteiger partial charge in [0.05, 0.1) is 10.2 Å². The van der Waals surface area contributed by atoms with Gasteiger partial charge in [-0.3, -0.25) is 14.4 Å². The smallest absolute Gasteiger partial charge is 0.248 e. The van der Waals surface area contributed by atoms with E-state index in [-0.39, 0.29) is 29.1 Å². The molecule has 0 spiro atoms. The van der Waals surface area contributed by atoms with Crippen LogP contribution in [-0.4, -0.2) is 28.7 Å². The minimum absolute atomic E-state index is 0.0383. The van der Waals surface area contributed by atoms with Gasteiger partial charge in [0.15, 0.2) is 5.13 Å². The second kappa shape index (κ2) is 8.38. The molecule has 8 heteroatoms. The van der Waals surface area contributed by atoms with Crippen molar-refractivity contribution in [1.82, 2.24) is 10.3 Å². The van der Waals surface area contributed by atoms with Crippen LogP contribution in [0.4, 0.5) is 10.8 Å². The van der Waals surface area contributed by atoms with Crippen LogP contribution >= 0.6 is 11.3 Å². The second-order valence-electron chi connectivity index (χ2n) is 10.8. The SMILES string of the molecule is CC(=O)Nc1ccc2nc(NC(=O)C(NC(=O)C34CC5CC(CC(C5)C3)C4)C(C)C)sc2c1. The summed E-state index contributed by atoms with van der Waals surface area (Å²) in [7, 11) is 0. The quantitative estimate of drug-likeness (QED) is 0.579. The first-order valence-corrected chi connectivity index (χ1v) is 12.8. The summed E-state index contributed by atoms with van der Waals surface area (Å²) in [4.78, 5) is 42.5. The molecule has 7 nitrogen and oxygen atoms in total. The average molecular weight is 469 g/mol. The molecule has 6 rings (SSSR count). The molecule has 1 aromatic carbocycles. The van der Waals surface area contributed by atoms with Gasteiger partial charge >= 0.3 is 0 Å². The van der Waals surface area contributed by atoms with Gasteiger partial charge in [0.25, 0.3) is 0 Å². The Hall–Kier alpha value is -2.48. The number of hydrogen-bond acceptors (Lipinski definition) is 5. The van der Waals surface area contributed by atoms with Crippen molar-refractivity contribution < 1.29 is 14.4 Å². The van der Waals surface area contributed by atoms with Gasteiger partial charge in [-0.1, -0.05) is 25.2 Å². The standard InChI is InChI=1S/C25H32N4O3S/c1-13(2)21(28-23(32)25-10-15-6-16(11-25)8-17(7-15)12-25)22(31)29-24-27-19-5-4-18(26-14(3)30)9-20(19)33-24/h4-5,9,13,15-17,21H,6-8,10-12H2,1-3H3,(H,26,30)(H,28,32)(H,27,29,31). The van der Waals surface area contributed by atoms with Crippen LogP contribution in [0.15, 0.2) is 18.2 Å². The summed E-state index contributed by atoms with van der Waals surface area (Å²) in [5, 5.41) is 9.31. The van der Waals surface area contributed by atoms with Crippen molar-refractivity contribution in [2.24, 2.45) is 29.1 Å². The molecule has 0 aliphatic heterocycles. The van der Waals surface area contributed by atoms with Gasteiger partial charge in [-0.25, -0.2) is 4.98 Å². The molecule has 2 aromatic rings. The summed E-state index contributed by atoms with van der Waals surface area (Å²) in [5.74, 6) is 1.70. The predicted octanol–water partition coefficient (Wildman–Crippen LogP) is 4.55. The van der Waals surface area contributed by atoms with Crippen molar-refractivity contribution in [3.05, 3.63) is 18.2 Å². The molecular weight excluding hydrogens is 436 g/mol. The van der Waals surface area contributed by atoms with Gasteiger partial charge in [-0.05, 0) is 80.4 Å². The Morgan fingerprint density at radius 2 is 1.67 bits per heavy atom. The molecule has 0 radical (unpaired) electrons. The maximum atomic E-state index is 13.5. The number of nitrogens with one attached hydrogen (secondary N) is 3. The van der Waals surface area contributed by atoms with E-state index in [4.69, 9.17) is 0 Å². The zero-order valence-corrected chi connectivity index (χ0v) is 20.3. The molecular formula is C25H32N4O3S.